The molecule has 0 radical (unpaired) electrons. The van der Waals surface area contributed by atoms with E-state index in [4.69, 9.17) is 5.41 Å². The molecular weight excluding hydrogens is 242 g/mol. The molecule has 0 fully saturated rings. The minimum Gasteiger partial charge on any atom is -0.305 e. The molecule has 0 aliphatic carbocycles. The zero-order valence-corrected chi connectivity index (χ0v) is 10.6. The number of rotatable bonds is 5. The second kappa shape index (κ2) is 6.17. The van der Waals surface area contributed by atoms with Crippen molar-refractivity contribution in [3.8, 4) is 0 Å². The molecule has 0 atom stereocenters. The Balaban J connectivity index is 2.14. The number of nitrogens with one attached hydrogen (secondary N) is 1. The highest BCUT2D eigenvalue weighted by atomic mass is 32.2. The smallest absolute Gasteiger partial charge is 0.203 e. The van der Waals surface area contributed by atoms with Crippen molar-refractivity contribution < 1.29 is 4.79 Å². The third kappa shape index (κ3) is 3.08. The average molecular weight is 255 g/mol. The number of carbonyl (C=O) groups excluding carboxylic acids is 1. The monoisotopic (exact) mass is 255 g/mol. The Morgan fingerprint density at radius 1 is 1.06 bits per heavy atom. The van der Waals surface area contributed by atoms with Crippen LogP contribution < -0.4 is 0 Å². The fraction of sp³-hybridized carbons (Fsp3) is 0.0667. The summed E-state index contributed by atoms with van der Waals surface area (Å²) in [5, 5.41) is 7.06. The van der Waals surface area contributed by atoms with Crippen molar-refractivity contribution in [1.82, 2.24) is 0 Å². The first kappa shape index (κ1) is 12.6. The first-order valence-electron chi connectivity index (χ1n) is 5.62. The number of hydrogen-bond acceptors (Lipinski definition) is 3. The van der Waals surface area contributed by atoms with E-state index >= 15 is 0 Å². The number of ketones is 1. The van der Waals surface area contributed by atoms with Crippen molar-refractivity contribution >= 4 is 23.8 Å². The zero-order valence-electron chi connectivity index (χ0n) is 9.80. The molecule has 0 amide bonds. The number of thioether (sulfide) groups is 1. The van der Waals surface area contributed by atoms with Gasteiger partial charge in [-0.15, -0.1) is 11.8 Å². The average Bonchev–Trinajstić information content (AvgIpc) is 2.45. The molecule has 0 heterocycles. The summed E-state index contributed by atoms with van der Waals surface area (Å²) >= 11 is 1.69. The van der Waals surface area contributed by atoms with E-state index in [9.17, 15) is 4.79 Å². The molecule has 0 saturated carbocycles. The van der Waals surface area contributed by atoms with E-state index in [1.165, 1.54) is 4.90 Å². The molecular formula is C15H13NOS. The first-order valence-corrected chi connectivity index (χ1v) is 6.60. The van der Waals surface area contributed by atoms with Gasteiger partial charge in [0.1, 0.15) is 0 Å². The summed E-state index contributed by atoms with van der Waals surface area (Å²) in [6, 6.07) is 17.5. The van der Waals surface area contributed by atoms with Gasteiger partial charge in [-0.2, -0.15) is 0 Å². The maximum atomic E-state index is 11.6. The highest BCUT2D eigenvalue weighted by molar-refractivity contribution is 7.98. The standard InChI is InChI=1S/C15H13NOS/c16-10-15(17)14-9-5-4-6-12(14)11-18-13-7-2-1-3-8-13/h1-10,16H,11H2. The Morgan fingerprint density at radius 3 is 2.44 bits per heavy atom. The summed E-state index contributed by atoms with van der Waals surface area (Å²) in [6.07, 6.45) is 0.867. The summed E-state index contributed by atoms with van der Waals surface area (Å²) in [5.41, 5.74) is 1.59. The zero-order chi connectivity index (χ0) is 12.8. The number of hydrogen-bond donors (Lipinski definition) is 1. The normalized spacial score (nSPS) is 10.0. The van der Waals surface area contributed by atoms with E-state index < -0.39 is 0 Å². The predicted octanol–water partition coefficient (Wildman–Crippen LogP) is 3.81. The Hall–Kier alpha value is -1.87. The number of carbonyl (C=O) groups is 1. The van der Waals surface area contributed by atoms with E-state index in [1.807, 2.05) is 48.5 Å². The highest BCUT2D eigenvalue weighted by Crippen LogP contribution is 2.24. The lowest BCUT2D eigenvalue weighted by Crippen LogP contribution is -2.03. The fourth-order valence-electron chi connectivity index (χ4n) is 1.64. The summed E-state index contributed by atoms with van der Waals surface area (Å²) in [6.45, 7) is 0. The quantitative estimate of drug-likeness (QED) is 0.501. The molecule has 0 aliphatic rings. The lowest BCUT2D eigenvalue weighted by Gasteiger charge is -2.06. The predicted molar refractivity (Wildman–Crippen MR) is 75.6 cm³/mol. The molecule has 0 aliphatic heterocycles. The van der Waals surface area contributed by atoms with Crippen LogP contribution in [0.25, 0.3) is 0 Å². The number of Topliss-reactive ketones (excluding diaryl/α,β-unsaturated/α-hetero) is 1. The molecule has 0 bridgehead atoms. The third-order valence-electron chi connectivity index (χ3n) is 2.55. The Labute approximate surface area is 111 Å². The van der Waals surface area contributed by atoms with Gasteiger partial charge >= 0.3 is 0 Å². The topological polar surface area (TPSA) is 40.9 Å². The van der Waals surface area contributed by atoms with Crippen LogP contribution >= 0.6 is 11.8 Å². The van der Waals surface area contributed by atoms with Gasteiger partial charge in [-0.05, 0) is 17.7 Å². The van der Waals surface area contributed by atoms with Gasteiger partial charge in [-0.25, -0.2) is 0 Å². The van der Waals surface area contributed by atoms with Crippen LogP contribution in [-0.2, 0) is 5.75 Å². The molecule has 2 aromatic carbocycles. The molecule has 0 unspecified atom stereocenters. The lowest BCUT2D eigenvalue weighted by atomic mass is 10.1. The molecule has 2 aromatic rings. The van der Waals surface area contributed by atoms with Crippen LogP contribution in [0.4, 0.5) is 0 Å². The van der Waals surface area contributed by atoms with Crippen LogP contribution in [0.3, 0.4) is 0 Å². The van der Waals surface area contributed by atoms with Gasteiger partial charge in [0.15, 0.2) is 0 Å². The first-order chi connectivity index (χ1) is 8.81. The van der Waals surface area contributed by atoms with Crippen LogP contribution in [-0.4, -0.2) is 12.0 Å². The van der Waals surface area contributed by atoms with Gasteiger partial charge in [0.05, 0.1) is 6.21 Å². The van der Waals surface area contributed by atoms with Gasteiger partial charge in [0.2, 0.25) is 5.78 Å². The van der Waals surface area contributed by atoms with E-state index in [0.717, 1.165) is 17.5 Å². The van der Waals surface area contributed by atoms with E-state index in [-0.39, 0.29) is 5.78 Å². The summed E-state index contributed by atoms with van der Waals surface area (Å²) < 4.78 is 0. The molecule has 90 valence electrons. The molecule has 3 heteroatoms. The minimum absolute atomic E-state index is 0.237. The SMILES string of the molecule is N=CC(=O)c1ccccc1CSc1ccccc1. The Bertz CT molecular complexity index is 551. The second-order valence-corrected chi connectivity index (χ2v) is 4.82. The molecule has 0 aromatic heterocycles. The van der Waals surface area contributed by atoms with Crippen molar-refractivity contribution in [3.05, 3.63) is 65.7 Å². The van der Waals surface area contributed by atoms with Crippen molar-refractivity contribution in [2.75, 3.05) is 0 Å². The summed E-state index contributed by atoms with van der Waals surface area (Å²) in [5.74, 6) is 0.499. The lowest BCUT2D eigenvalue weighted by molar-refractivity contribution is 0.106. The molecule has 2 rings (SSSR count). The van der Waals surface area contributed by atoms with Crippen molar-refractivity contribution in [2.24, 2.45) is 0 Å². The van der Waals surface area contributed by atoms with Gasteiger partial charge in [-0.3, -0.25) is 4.79 Å². The van der Waals surface area contributed by atoms with E-state index in [0.29, 0.717) is 5.56 Å². The molecule has 0 spiro atoms. The van der Waals surface area contributed by atoms with Crippen LogP contribution in [0.15, 0.2) is 59.5 Å². The minimum atomic E-state index is -0.237. The van der Waals surface area contributed by atoms with Crippen LogP contribution in [0.2, 0.25) is 0 Å². The Kier molecular flexibility index (Phi) is 4.31. The van der Waals surface area contributed by atoms with Gasteiger partial charge < -0.3 is 5.41 Å². The van der Waals surface area contributed by atoms with E-state index in [1.54, 1.807) is 17.8 Å². The van der Waals surface area contributed by atoms with Crippen molar-refractivity contribution in [3.63, 3.8) is 0 Å². The molecule has 1 N–H and O–H groups in total. The van der Waals surface area contributed by atoms with Crippen molar-refractivity contribution in [1.29, 1.82) is 5.41 Å². The maximum absolute atomic E-state index is 11.6. The van der Waals surface area contributed by atoms with Crippen molar-refractivity contribution in [2.45, 2.75) is 10.6 Å². The molecule has 2 nitrogen and oxygen atoms in total. The highest BCUT2D eigenvalue weighted by Gasteiger charge is 2.08. The number of benzene rings is 2. The Morgan fingerprint density at radius 2 is 1.72 bits per heavy atom. The van der Waals surface area contributed by atoms with E-state index in [2.05, 4.69) is 0 Å². The molecule has 0 saturated heterocycles. The fourth-order valence-corrected chi connectivity index (χ4v) is 2.57. The molecule has 18 heavy (non-hydrogen) atoms. The van der Waals surface area contributed by atoms with Crippen LogP contribution in [0.5, 0.6) is 0 Å². The van der Waals surface area contributed by atoms with Gasteiger partial charge in [0.25, 0.3) is 0 Å². The van der Waals surface area contributed by atoms with Gasteiger partial charge in [-0.1, -0.05) is 42.5 Å². The summed E-state index contributed by atoms with van der Waals surface area (Å²) in [7, 11) is 0. The van der Waals surface area contributed by atoms with Crippen LogP contribution in [0.1, 0.15) is 15.9 Å². The van der Waals surface area contributed by atoms with Gasteiger partial charge in [0, 0.05) is 16.2 Å². The summed E-state index contributed by atoms with van der Waals surface area (Å²) in [4.78, 5) is 12.8. The van der Waals surface area contributed by atoms with Crippen LogP contribution in [0, 0.1) is 5.41 Å². The largest absolute Gasteiger partial charge is 0.305 e. The maximum Gasteiger partial charge on any atom is 0.203 e. The second-order valence-electron chi connectivity index (χ2n) is 3.77. The third-order valence-corrected chi connectivity index (χ3v) is 3.61.